The second-order valence-electron chi connectivity index (χ2n) is 2.75. The van der Waals surface area contributed by atoms with Crippen LogP contribution in [0.15, 0.2) is 11.1 Å². The Morgan fingerprint density at radius 1 is 1.50 bits per heavy atom. The van der Waals surface area contributed by atoms with Gasteiger partial charge >= 0.3 is 0 Å². The number of alkyl halides is 2. The third kappa shape index (κ3) is 2.07. The van der Waals surface area contributed by atoms with Crippen molar-refractivity contribution in [1.82, 2.24) is 4.98 Å². The van der Waals surface area contributed by atoms with Crippen molar-refractivity contribution in [2.24, 2.45) is 5.14 Å². The van der Waals surface area contributed by atoms with Gasteiger partial charge in [-0.1, -0.05) is 0 Å². The number of hydrogen-bond acceptors (Lipinski definition) is 5. The molecule has 0 amide bonds. The first-order chi connectivity index (χ1) is 7.29. The SMILES string of the molecule is N#Cc1c(S(N)(=O)=O)cnc(N)c1C(F)F. The van der Waals surface area contributed by atoms with Crippen LogP contribution in [0.3, 0.4) is 0 Å². The number of aromatic nitrogens is 1. The molecule has 0 saturated heterocycles. The van der Waals surface area contributed by atoms with Crippen LogP contribution >= 0.6 is 0 Å². The monoisotopic (exact) mass is 248 g/mol. The summed E-state index contributed by atoms with van der Waals surface area (Å²) in [5.74, 6) is -0.598. The molecule has 0 spiro atoms. The summed E-state index contributed by atoms with van der Waals surface area (Å²) in [5.41, 5.74) is 3.44. The van der Waals surface area contributed by atoms with E-state index >= 15 is 0 Å². The van der Waals surface area contributed by atoms with Crippen LogP contribution in [-0.4, -0.2) is 13.4 Å². The molecule has 1 aromatic rings. The number of nitrogens with zero attached hydrogens (tertiary/aromatic N) is 2. The molecule has 16 heavy (non-hydrogen) atoms. The zero-order chi connectivity index (χ0) is 12.5. The molecule has 0 unspecified atom stereocenters. The van der Waals surface area contributed by atoms with Crippen molar-refractivity contribution < 1.29 is 17.2 Å². The summed E-state index contributed by atoms with van der Waals surface area (Å²) in [4.78, 5) is 2.50. The molecule has 6 nitrogen and oxygen atoms in total. The van der Waals surface area contributed by atoms with E-state index in [0.29, 0.717) is 6.20 Å². The molecule has 1 aromatic heterocycles. The van der Waals surface area contributed by atoms with Crippen LogP contribution < -0.4 is 10.9 Å². The maximum Gasteiger partial charge on any atom is 0.268 e. The van der Waals surface area contributed by atoms with Crippen molar-refractivity contribution in [2.45, 2.75) is 11.3 Å². The van der Waals surface area contributed by atoms with Crippen molar-refractivity contribution in [1.29, 1.82) is 5.26 Å². The Morgan fingerprint density at radius 2 is 2.06 bits per heavy atom. The third-order valence-electron chi connectivity index (χ3n) is 1.75. The number of primary sulfonamides is 1. The molecule has 0 aromatic carbocycles. The average Bonchev–Trinajstić information content (AvgIpc) is 2.14. The topological polar surface area (TPSA) is 123 Å². The van der Waals surface area contributed by atoms with Gasteiger partial charge in [-0.3, -0.25) is 0 Å². The Morgan fingerprint density at radius 3 is 2.44 bits per heavy atom. The van der Waals surface area contributed by atoms with Gasteiger partial charge in [-0.2, -0.15) is 5.26 Å². The first-order valence-corrected chi connectivity index (χ1v) is 5.33. The average molecular weight is 248 g/mol. The van der Waals surface area contributed by atoms with Crippen LogP contribution in [0.2, 0.25) is 0 Å². The first kappa shape index (κ1) is 12.3. The molecule has 4 N–H and O–H groups in total. The fourth-order valence-electron chi connectivity index (χ4n) is 1.08. The zero-order valence-electron chi connectivity index (χ0n) is 7.68. The lowest BCUT2D eigenvalue weighted by molar-refractivity contribution is 0.151. The molecule has 0 aliphatic carbocycles. The van der Waals surface area contributed by atoms with E-state index in [1.54, 1.807) is 0 Å². The summed E-state index contributed by atoms with van der Waals surface area (Å²) in [6.45, 7) is 0. The minimum absolute atomic E-state index is 0.598. The quantitative estimate of drug-likeness (QED) is 0.769. The summed E-state index contributed by atoms with van der Waals surface area (Å²) in [6.07, 6.45) is -2.43. The molecule has 1 heterocycles. The van der Waals surface area contributed by atoms with Gasteiger partial charge in [0, 0.05) is 0 Å². The van der Waals surface area contributed by atoms with Crippen LogP contribution in [-0.2, 0) is 10.0 Å². The van der Waals surface area contributed by atoms with E-state index in [4.69, 9.17) is 16.1 Å². The standard InChI is InChI=1S/C7H6F2N4O2S/c8-6(9)5-3(1-10)4(16(12,14)15)2-13-7(5)11/h2,6H,(H2,11,13)(H2,12,14,15). The second-order valence-corrected chi connectivity index (χ2v) is 4.28. The van der Waals surface area contributed by atoms with Crippen molar-refractivity contribution >= 4 is 15.8 Å². The highest BCUT2D eigenvalue weighted by Gasteiger charge is 2.25. The highest BCUT2D eigenvalue weighted by molar-refractivity contribution is 7.89. The lowest BCUT2D eigenvalue weighted by atomic mass is 10.1. The molecule has 0 saturated carbocycles. The summed E-state index contributed by atoms with van der Waals surface area (Å²) < 4.78 is 47.1. The van der Waals surface area contributed by atoms with Crippen LogP contribution in [0.1, 0.15) is 17.6 Å². The smallest absolute Gasteiger partial charge is 0.268 e. The summed E-state index contributed by atoms with van der Waals surface area (Å²) in [5, 5.41) is 13.4. The molecule has 86 valence electrons. The lowest BCUT2D eigenvalue weighted by Gasteiger charge is -2.08. The van der Waals surface area contributed by atoms with Crippen molar-refractivity contribution in [3.05, 3.63) is 17.3 Å². The predicted octanol–water partition coefficient (Wildman–Crippen LogP) is 0.120. The zero-order valence-corrected chi connectivity index (χ0v) is 8.50. The summed E-state index contributed by atoms with van der Waals surface area (Å²) in [6, 6.07) is 1.33. The largest absolute Gasteiger partial charge is 0.383 e. The van der Waals surface area contributed by atoms with Crippen molar-refractivity contribution in [2.75, 3.05) is 5.73 Å². The highest BCUT2D eigenvalue weighted by Crippen LogP contribution is 2.30. The fourth-order valence-corrected chi connectivity index (χ4v) is 1.71. The number of nitrogens with two attached hydrogens (primary N) is 2. The normalized spacial score (nSPS) is 11.4. The number of nitriles is 1. The molecular formula is C7H6F2N4O2S. The molecular weight excluding hydrogens is 242 g/mol. The Balaban J connectivity index is 3.72. The maximum atomic E-state index is 12.5. The first-order valence-electron chi connectivity index (χ1n) is 3.78. The van der Waals surface area contributed by atoms with Gasteiger partial charge in [0.1, 0.15) is 16.8 Å². The van der Waals surface area contributed by atoms with E-state index in [2.05, 4.69) is 4.98 Å². The molecule has 9 heteroatoms. The van der Waals surface area contributed by atoms with Gasteiger partial charge in [-0.25, -0.2) is 27.3 Å². The van der Waals surface area contributed by atoms with E-state index in [0.717, 1.165) is 0 Å². The van der Waals surface area contributed by atoms with E-state index < -0.39 is 38.3 Å². The van der Waals surface area contributed by atoms with E-state index in [1.165, 1.54) is 6.07 Å². The minimum atomic E-state index is -4.29. The van der Waals surface area contributed by atoms with Gasteiger partial charge < -0.3 is 5.73 Å². The fraction of sp³-hybridized carbons (Fsp3) is 0.143. The molecule has 1 rings (SSSR count). The number of sulfonamides is 1. The molecule has 0 aliphatic heterocycles. The van der Waals surface area contributed by atoms with Gasteiger partial charge in [0.15, 0.2) is 0 Å². The lowest BCUT2D eigenvalue weighted by Crippen LogP contribution is -2.16. The highest BCUT2D eigenvalue weighted by atomic mass is 32.2. The Kier molecular flexibility index (Phi) is 3.06. The van der Waals surface area contributed by atoms with Crippen LogP contribution in [0.25, 0.3) is 0 Å². The number of halogens is 2. The van der Waals surface area contributed by atoms with Crippen LogP contribution in [0, 0.1) is 11.3 Å². The Hall–Kier alpha value is -1.79. The summed E-state index contributed by atoms with van der Waals surface area (Å²) in [7, 11) is -4.29. The van der Waals surface area contributed by atoms with Gasteiger partial charge in [0.05, 0.1) is 17.3 Å². The Labute approximate surface area is 89.5 Å². The molecule has 0 atom stereocenters. The number of nitrogen functional groups attached to an aromatic ring is 1. The van der Waals surface area contributed by atoms with E-state index in [9.17, 15) is 17.2 Å². The van der Waals surface area contributed by atoms with E-state index in [1.807, 2.05) is 0 Å². The number of anilines is 1. The van der Waals surface area contributed by atoms with Crippen molar-refractivity contribution in [3.63, 3.8) is 0 Å². The van der Waals surface area contributed by atoms with E-state index in [-0.39, 0.29) is 0 Å². The van der Waals surface area contributed by atoms with Gasteiger partial charge in [0.2, 0.25) is 10.0 Å². The number of pyridine rings is 1. The molecule has 0 radical (unpaired) electrons. The predicted molar refractivity (Wildman–Crippen MR) is 49.7 cm³/mol. The number of hydrogen-bond donors (Lipinski definition) is 2. The Bertz CT molecular complexity index is 564. The molecule has 0 aliphatic rings. The summed E-state index contributed by atoms with van der Waals surface area (Å²) >= 11 is 0. The number of rotatable bonds is 2. The molecule has 0 fully saturated rings. The van der Waals surface area contributed by atoms with Gasteiger partial charge in [0.25, 0.3) is 6.43 Å². The van der Waals surface area contributed by atoms with Crippen LogP contribution in [0.4, 0.5) is 14.6 Å². The minimum Gasteiger partial charge on any atom is -0.383 e. The van der Waals surface area contributed by atoms with Crippen LogP contribution in [0.5, 0.6) is 0 Å². The maximum absolute atomic E-state index is 12.5. The van der Waals surface area contributed by atoms with Gasteiger partial charge in [-0.05, 0) is 0 Å². The van der Waals surface area contributed by atoms with Gasteiger partial charge in [-0.15, -0.1) is 0 Å². The van der Waals surface area contributed by atoms with Crippen molar-refractivity contribution in [3.8, 4) is 6.07 Å². The molecule has 0 bridgehead atoms. The second kappa shape index (κ2) is 3.99. The third-order valence-corrected chi connectivity index (χ3v) is 2.67.